The molecule has 2 N–H and O–H groups in total. The minimum atomic E-state index is -0.463. The molecule has 7 heteroatoms. The number of nitrogens with one attached hydrogen (secondary N) is 2. The van der Waals surface area contributed by atoms with E-state index in [2.05, 4.69) is 10.3 Å². The number of rotatable bonds is 5. The van der Waals surface area contributed by atoms with Crippen LogP contribution in [0.15, 0.2) is 17.5 Å². The van der Waals surface area contributed by atoms with Crippen LogP contribution in [0.25, 0.3) is 0 Å². The number of amides is 1. The number of aromatic nitrogens is 1. The van der Waals surface area contributed by atoms with Gasteiger partial charge in [-0.05, 0) is 36.8 Å². The Morgan fingerprint density at radius 1 is 1.40 bits per heavy atom. The van der Waals surface area contributed by atoms with Crippen molar-refractivity contribution < 1.29 is 19.1 Å². The second-order valence-corrected chi connectivity index (χ2v) is 7.06. The molecule has 25 heavy (non-hydrogen) atoms. The zero-order valence-electron chi connectivity index (χ0n) is 14.2. The summed E-state index contributed by atoms with van der Waals surface area (Å²) in [7, 11) is 1.32. The Labute approximate surface area is 149 Å². The molecule has 0 aromatic carbocycles. The van der Waals surface area contributed by atoms with Crippen LogP contribution in [0.2, 0.25) is 0 Å². The van der Waals surface area contributed by atoms with Crippen molar-refractivity contribution in [3.8, 4) is 0 Å². The largest absolute Gasteiger partial charge is 0.469 e. The quantitative estimate of drug-likeness (QED) is 0.803. The summed E-state index contributed by atoms with van der Waals surface area (Å²) in [6, 6.07) is 3.28. The van der Waals surface area contributed by atoms with Crippen molar-refractivity contribution in [2.24, 2.45) is 0 Å². The van der Waals surface area contributed by atoms with Gasteiger partial charge >= 0.3 is 5.97 Å². The fraction of sp³-hybridized carbons (Fsp3) is 0.389. The molecule has 1 unspecified atom stereocenters. The third-order valence-corrected chi connectivity index (χ3v) is 5.44. The number of methoxy groups -OCH3 is 1. The predicted octanol–water partition coefficient (Wildman–Crippen LogP) is 2.94. The van der Waals surface area contributed by atoms with Gasteiger partial charge in [-0.15, -0.1) is 11.3 Å². The molecule has 3 rings (SSSR count). The smallest absolute Gasteiger partial charge is 0.307 e. The standard InChI is InChI=1S/C18H20N2O4S/c1-10-16-11(5-3-6-13(16)21)19-17(10)18(23)20-12(9-15(22)24-2)14-7-4-8-25-14/h4,7-8,12,19H,3,5-6,9H2,1-2H3,(H,20,23). The zero-order chi connectivity index (χ0) is 18.0. The lowest BCUT2D eigenvalue weighted by Gasteiger charge is -2.16. The van der Waals surface area contributed by atoms with E-state index in [0.29, 0.717) is 23.2 Å². The molecule has 0 aliphatic heterocycles. The molecule has 1 amide bonds. The summed E-state index contributed by atoms with van der Waals surface area (Å²) >= 11 is 1.47. The number of aryl methyl sites for hydroxylation is 1. The molecule has 0 saturated heterocycles. The van der Waals surface area contributed by atoms with Crippen LogP contribution in [0.3, 0.4) is 0 Å². The van der Waals surface area contributed by atoms with E-state index in [9.17, 15) is 14.4 Å². The number of Topliss-reactive ketones (excluding diaryl/α,β-unsaturated/α-hetero) is 1. The first kappa shape index (κ1) is 17.4. The Kier molecular flexibility index (Phi) is 5.03. The zero-order valence-corrected chi connectivity index (χ0v) is 15.0. The van der Waals surface area contributed by atoms with Crippen LogP contribution >= 0.6 is 11.3 Å². The third-order valence-electron chi connectivity index (χ3n) is 4.45. The van der Waals surface area contributed by atoms with Gasteiger partial charge in [0.25, 0.3) is 5.91 Å². The fourth-order valence-corrected chi connectivity index (χ4v) is 3.97. The molecule has 0 fully saturated rings. The number of ether oxygens (including phenoxy) is 1. The number of hydrogen-bond donors (Lipinski definition) is 2. The molecule has 2 aromatic rings. The molecular weight excluding hydrogens is 340 g/mol. The molecule has 132 valence electrons. The van der Waals surface area contributed by atoms with Crippen molar-refractivity contribution in [1.82, 2.24) is 10.3 Å². The minimum absolute atomic E-state index is 0.0567. The molecule has 0 radical (unpaired) electrons. The van der Waals surface area contributed by atoms with Gasteiger partial charge in [0.05, 0.1) is 19.6 Å². The number of carbonyl (C=O) groups excluding carboxylic acids is 3. The lowest BCUT2D eigenvalue weighted by molar-refractivity contribution is -0.141. The van der Waals surface area contributed by atoms with Gasteiger partial charge in [-0.1, -0.05) is 6.07 Å². The van der Waals surface area contributed by atoms with Crippen molar-refractivity contribution in [3.63, 3.8) is 0 Å². The SMILES string of the molecule is COC(=O)CC(NC(=O)c1[nH]c2c(c1C)C(=O)CCC2)c1cccs1. The molecule has 0 saturated carbocycles. The van der Waals surface area contributed by atoms with Gasteiger partial charge in [0.2, 0.25) is 0 Å². The number of aromatic amines is 1. The van der Waals surface area contributed by atoms with Crippen LogP contribution in [0, 0.1) is 6.92 Å². The maximum Gasteiger partial charge on any atom is 0.307 e. The van der Waals surface area contributed by atoms with E-state index in [1.165, 1.54) is 18.4 Å². The summed E-state index contributed by atoms with van der Waals surface area (Å²) in [6.45, 7) is 1.79. The molecule has 1 atom stereocenters. The normalized spacial score (nSPS) is 14.7. The van der Waals surface area contributed by atoms with E-state index in [4.69, 9.17) is 4.74 Å². The molecule has 0 bridgehead atoms. The Morgan fingerprint density at radius 3 is 2.84 bits per heavy atom. The van der Waals surface area contributed by atoms with Crippen molar-refractivity contribution in [2.45, 2.75) is 38.6 Å². The van der Waals surface area contributed by atoms with E-state index >= 15 is 0 Å². The van der Waals surface area contributed by atoms with Crippen molar-refractivity contribution in [2.75, 3.05) is 7.11 Å². The average molecular weight is 360 g/mol. The Hall–Kier alpha value is -2.41. The van der Waals surface area contributed by atoms with E-state index in [-0.39, 0.29) is 18.1 Å². The Morgan fingerprint density at radius 2 is 2.20 bits per heavy atom. The number of ketones is 1. The predicted molar refractivity (Wildman–Crippen MR) is 94.0 cm³/mol. The minimum Gasteiger partial charge on any atom is -0.469 e. The second-order valence-electron chi connectivity index (χ2n) is 6.08. The highest BCUT2D eigenvalue weighted by Gasteiger charge is 2.28. The first-order valence-corrected chi connectivity index (χ1v) is 9.05. The monoisotopic (exact) mass is 360 g/mol. The summed E-state index contributed by atoms with van der Waals surface area (Å²) in [4.78, 5) is 40.6. The van der Waals surface area contributed by atoms with E-state index in [1.54, 1.807) is 6.92 Å². The van der Waals surface area contributed by atoms with Crippen LogP contribution in [-0.4, -0.2) is 29.8 Å². The lowest BCUT2D eigenvalue weighted by Crippen LogP contribution is -2.30. The van der Waals surface area contributed by atoms with Crippen LogP contribution in [0.5, 0.6) is 0 Å². The van der Waals surface area contributed by atoms with Gasteiger partial charge < -0.3 is 15.0 Å². The maximum absolute atomic E-state index is 12.8. The van der Waals surface area contributed by atoms with Gasteiger partial charge in [-0.2, -0.15) is 0 Å². The first-order chi connectivity index (χ1) is 12.0. The molecule has 2 heterocycles. The molecule has 2 aromatic heterocycles. The van der Waals surface area contributed by atoms with E-state index < -0.39 is 12.0 Å². The number of fused-ring (bicyclic) bond motifs is 1. The van der Waals surface area contributed by atoms with E-state index in [1.807, 2.05) is 17.5 Å². The summed E-state index contributed by atoms with van der Waals surface area (Å²) < 4.78 is 4.73. The van der Waals surface area contributed by atoms with Gasteiger partial charge in [-0.25, -0.2) is 0 Å². The highest BCUT2D eigenvalue weighted by molar-refractivity contribution is 7.10. The first-order valence-electron chi connectivity index (χ1n) is 8.17. The van der Waals surface area contributed by atoms with E-state index in [0.717, 1.165) is 23.4 Å². The van der Waals surface area contributed by atoms with Crippen molar-refractivity contribution in [3.05, 3.63) is 44.9 Å². The van der Waals surface area contributed by atoms with Gasteiger partial charge in [0.1, 0.15) is 5.69 Å². The van der Waals surface area contributed by atoms with Crippen LogP contribution in [0.1, 0.15) is 62.3 Å². The van der Waals surface area contributed by atoms with Crippen molar-refractivity contribution in [1.29, 1.82) is 0 Å². The Bertz CT molecular complexity index is 807. The number of carbonyl (C=O) groups is 3. The molecule has 6 nitrogen and oxygen atoms in total. The highest BCUT2D eigenvalue weighted by atomic mass is 32.1. The summed E-state index contributed by atoms with van der Waals surface area (Å²) in [5, 5.41) is 4.79. The van der Waals surface area contributed by atoms with Gasteiger partial charge in [0.15, 0.2) is 5.78 Å². The molecular formula is C18H20N2O4S. The summed E-state index contributed by atoms with van der Waals surface area (Å²) in [5.41, 5.74) is 2.56. The Balaban J connectivity index is 1.84. The number of esters is 1. The second kappa shape index (κ2) is 7.23. The van der Waals surface area contributed by atoms with Gasteiger partial charge in [-0.3, -0.25) is 14.4 Å². The van der Waals surface area contributed by atoms with Crippen molar-refractivity contribution >= 4 is 29.0 Å². The van der Waals surface area contributed by atoms with Gasteiger partial charge in [0, 0.05) is 22.6 Å². The number of hydrogen-bond acceptors (Lipinski definition) is 5. The summed E-state index contributed by atoms with van der Waals surface area (Å²) in [5.74, 6) is -0.628. The van der Waals surface area contributed by atoms with Crippen LogP contribution in [-0.2, 0) is 16.0 Å². The van der Waals surface area contributed by atoms with Crippen LogP contribution in [0.4, 0.5) is 0 Å². The molecule has 1 aliphatic carbocycles. The fourth-order valence-electron chi connectivity index (χ4n) is 3.19. The number of thiophene rings is 1. The summed E-state index contributed by atoms with van der Waals surface area (Å²) in [6.07, 6.45) is 2.15. The third kappa shape index (κ3) is 3.51. The average Bonchev–Trinajstić information content (AvgIpc) is 3.23. The maximum atomic E-state index is 12.8. The number of H-pyrrole nitrogens is 1. The van der Waals surface area contributed by atoms with Crippen LogP contribution < -0.4 is 5.32 Å². The molecule has 1 aliphatic rings. The highest BCUT2D eigenvalue weighted by Crippen LogP contribution is 2.28. The molecule has 0 spiro atoms. The topological polar surface area (TPSA) is 88.3 Å². The lowest BCUT2D eigenvalue weighted by atomic mass is 9.94.